The Balaban J connectivity index is 4.68. The Kier molecular flexibility index (Phi) is 7.51. The second-order valence-electron chi connectivity index (χ2n) is 2.81. The summed E-state index contributed by atoms with van der Waals surface area (Å²) in [5.41, 5.74) is 0. The van der Waals surface area contributed by atoms with Gasteiger partial charge in [-0.1, -0.05) is 0 Å². The standard InChI is InChI=1S/C9H8N4O4/c14-5-10-4-2-1-3-9(11-6-15,12-7-16)13-8-17/h1-4H2. The molecule has 0 N–H and O–H groups in total. The van der Waals surface area contributed by atoms with Crippen molar-refractivity contribution in [1.29, 1.82) is 0 Å². The van der Waals surface area contributed by atoms with Gasteiger partial charge in [-0.15, -0.1) is 0 Å². The van der Waals surface area contributed by atoms with Crippen molar-refractivity contribution >= 4 is 24.3 Å². The van der Waals surface area contributed by atoms with Crippen LogP contribution in [0.15, 0.2) is 20.0 Å². The summed E-state index contributed by atoms with van der Waals surface area (Å²) in [5.74, 6) is -1.84. The van der Waals surface area contributed by atoms with Crippen molar-refractivity contribution < 1.29 is 19.2 Å². The van der Waals surface area contributed by atoms with Crippen LogP contribution in [-0.2, 0) is 19.2 Å². The maximum Gasteiger partial charge on any atom is 0.277 e. The second kappa shape index (κ2) is 8.80. The van der Waals surface area contributed by atoms with E-state index in [2.05, 4.69) is 20.0 Å². The molecule has 0 aliphatic heterocycles. The van der Waals surface area contributed by atoms with Gasteiger partial charge >= 0.3 is 0 Å². The highest BCUT2D eigenvalue weighted by Crippen LogP contribution is 2.21. The molecule has 0 amide bonds. The summed E-state index contributed by atoms with van der Waals surface area (Å²) in [6.07, 6.45) is 5.74. The molecule has 0 atom stereocenters. The molecule has 0 heterocycles. The molecule has 0 saturated carbocycles. The summed E-state index contributed by atoms with van der Waals surface area (Å²) in [5, 5.41) is 0. The number of hydrogen-bond acceptors (Lipinski definition) is 8. The highest BCUT2D eigenvalue weighted by atomic mass is 16.1. The molecule has 17 heavy (non-hydrogen) atoms. The number of hydrogen-bond donors (Lipinski definition) is 0. The van der Waals surface area contributed by atoms with Crippen molar-refractivity contribution in [3.05, 3.63) is 0 Å². The minimum atomic E-state index is -1.84. The lowest BCUT2D eigenvalue weighted by Crippen LogP contribution is -2.20. The summed E-state index contributed by atoms with van der Waals surface area (Å²) in [6, 6.07) is 0. The lowest BCUT2D eigenvalue weighted by atomic mass is 10.1. The molecule has 0 aliphatic carbocycles. The van der Waals surface area contributed by atoms with Gasteiger partial charge in [0, 0.05) is 6.42 Å². The van der Waals surface area contributed by atoms with E-state index in [1.54, 1.807) is 0 Å². The van der Waals surface area contributed by atoms with Crippen LogP contribution in [0.25, 0.3) is 0 Å². The van der Waals surface area contributed by atoms with Gasteiger partial charge in [0.15, 0.2) is 0 Å². The number of aliphatic imine (C=N–C) groups is 4. The highest BCUT2D eigenvalue weighted by Gasteiger charge is 2.28. The van der Waals surface area contributed by atoms with Crippen molar-refractivity contribution in [2.45, 2.75) is 25.0 Å². The summed E-state index contributed by atoms with van der Waals surface area (Å²) in [6.45, 7) is 0.236. The molecule has 0 rings (SSSR count). The quantitative estimate of drug-likeness (QED) is 0.338. The number of unbranched alkanes of at least 4 members (excludes halogenated alkanes) is 1. The van der Waals surface area contributed by atoms with Gasteiger partial charge in [-0.25, -0.2) is 24.2 Å². The van der Waals surface area contributed by atoms with Crippen LogP contribution in [0.5, 0.6) is 0 Å². The Morgan fingerprint density at radius 1 is 0.765 bits per heavy atom. The van der Waals surface area contributed by atoms with Gasteiger partial charge < -0.3 is 0 Å². The first-order chi connectivity index (χ1) is 8.24. The normalized spacial score (nSPS) is 11.8. The molecular weight excluding hydrogens is 228 g/mol. The zero-order chi connectivity index (χ0) is 13.0. The lowest BCUT2D eigenvalue weighted by molar-refractivity contribution is 0.404. The van der Waals surface area contributed by atoms with Crippen LogP contribution < -0.4 is 0 Å². The molecule has 0 fully saturated rings. The van der Waals surface area contributed by atoms with Gasteiger partial charge in [0.2, 0.25) is 24.3 Å². The van der Waals surface area contributed by atoms with Gasteiger partial charge in [0.25, 0.3) is 5.79 Å². The van der Waals surface area contributed by atoms with E-state index < -0.39 is 5.79 Å². The van der Waals surface area contributed by atoms with E-state index in [0.29, 0.717) is 12.8 Å². The molecule has 0 unspecified atom stereocenters. The second-order valence-corrected chi connectivity index (χ2v) is 2.81. The minimum Gasteiger partial charge on any atom is -0.211 e. The van der Waals surface area contributed by atoms with Crippen LogP contribution in [-0.4, -0.2) is 36.7 Å². The molecule has 8 nitrogen and oxygen atoms in total. The fourth-order valence-corrected chi connectivity index (χ4v) is 1.06. The molecule has 0 aliphatic rings. The molecular formula is C9H8N4O4. The smallest absolute Gasteiger partial charge is 0.211 e. The number of carbonyl (C=O) groups excluding carboxylic acids is 4. The average Bonchev–Trinajstić information content (AvgIpc) is 2.30. The van der Waals surface area contributed by atoms with E-state index in [9.17, 15) is 19.2 Å². The van der Waals surface area contributed by atoms with Gasteiger partial charge in [-0.3, -0.25) is 0 Å². The molecule has 88 valence electrons. The first-order valence-corrected chi connectivity index (χ1v) is 4.55. The Morgan fingerprint density at radius 2 is 1.29 bits per heavy atom. The summed E-state index contributed by atoms with van der Waals surface area (Å²) < 4.78 is 0. The third kappa shape index (κ3) is 5.85. The average molecular weight is 236 g/mol. The number of rotatable bonds is 8. The van der Waals surface area contributed by atoms with Crippen molar-refractivity contribution in [3.63, 3.8) is 0 Å². The zero-order valence-corrected chi connectivity index (χ0v) is 8.75. The molecule has 0 radical (unpaired) electrons. The van der Waals surface area contributed by atoms with Gasteiger partial charge in [-0.2, -0.15) is 15.0 Å². The predicted octanol–water partition coefficient (Wildman–Crippen LogP) is 0.154. The van der Waals surface area contributed by atoms with Crippen LogP contribution in [0.3, 0.4) is 0 Å². The van der Waals surface area contributed by atoms with Crippen LogP contribution in [0, 0.1) is 0 Å². The van der Waals surface area contributed by atoms with Crippen LogP contribution in [0.2, 0.25) is 0 Å². The van der Waals surface area contributed by atoms with Crippen molar-refractivity contribution in [2.24, 2.45) is 20.0 Å². The van der Waals surface area contributed by atoms with Gasteiger partial charge in [0.1, 0.15) is 0 Å². The molecule has 0 saturated heterocycles. The maximum atomic E-state index is 10.2. The topological polar surface area (TPSA) is 118 Å². The monoisotopic (exact) mass is 236 g/mol. The first-order valence-electron chi connectivity index (χ1n) is 4.55. The Hall–Kier alpha value is -2.48. The van der Waals surface area contributed by atoms with Crippen molar-refractivity contribution in [3.8, 4) is 0 Å². The highest BCUT2D eigenvalue weighted by molar-refractivity contribution is 5.42. The van der Waals surface area contributed by atoms with E-state index in [1.807, 2.05) is 0 Å². The molecule has 0 spiro atoms. The van der Waals surface area contributed by atoms with Crippen LogP contribution in [0.4, 0.5) is 0 Å². The summed E-state index contributed by atoms with van der Waals surface area (Å²) >= 11 is 0. The van der Waals surface area contributed by atoms with E-state index in [1.165, 1.54) is 24.3 Å². The van der Waals surface area contributed by atoms with Gasteiger partial charge in [-0.05, 0) is 12.8 Å². The fraction of sp³-hybridized carbons (Fsp3) is 0.556. The van der Waals surface area contributed by atoms with E-state index in [0.717, 1.165) is 0 Å². The zero-order valence-electron chi connectivity index (χ0n) is 8.75. The molecule has 0 aromatic heterocycles. The Labute approximate surface area is 95.9 Å². The van der Waals surface area contributed by atoms with E-state index >= 15 is 0 Å². The Morgan fingerprint density at radius 3 is 1.71 bits per heavy atom. The van der Waals surface area contributed by atoms with E-state index in [-0.39, 0.29) is 13.0 Å². The Bertz CT molecular complexity index is 390. The largest absolute Gasteiger partial charge is 0.277 e. The van der Waals surface area contributed by atoms with Crippen molar-refractivity contribution in [2.75, 3.05) is 6.54 Å². The number of nitrogens with zero attached hydrogens (tertiary/aromatic N) is 4. The molecule has 0 aromatic carbocycles. The summed E-state index contributed by atoms with van der Waals surface area (Å²) in [4.78, 5) is 53.1. The maximum absolute atomic E-state index is 10.2. The SMILES string of the molecule is O=C=NCCCCC(N=C=O)(N=C=O)N=C=O. The molecule has 0 bridgehead atoms. The van der Waals surface area contributed by atoms with Gasteiger partial charge in [0.05, 0.1) is 6.54 Å². The summed E-state index contributed by atoms with van der Waals surface area (Å²) in [7, 11) is 0. The molecule has 0 aromatic rings. The minimum absolute atomic E-state index is 0.0150. The predicted molar refractivity (Wildman–Crippen MR) is 53.9 cm³/mol. The lowest BCUT2D eigenvalue weighted by Gasteiger charge is -2.13. The third-order valence-corrected chi connectivity index (χ3v) is 1.77. The molecule has 8 heteroatoms. The fourth-order valence-electron chi connectivity index (χ4n) is 1.06. The van der Waals surface area contributed by atoms with Crippen LogP contribution in [0.1, 0.15) is 19.3 Å². The first kappa shape index (κ1) is 14.5. The van der Waals surface area contributed by atoms with E-state index in [4.69, 9.17) is 0 Å². The van der Waals surface area contributed by atoms with Crippen molar-refractivity contribution in [1.82, 2.24) is 0 Å². The third-order valence-electron chi connectivity index (χ3n) is 1.77. The van der Waals surface area contributed by atoms with Crippen LogP contribution >= 0.6 is 0 Å². The number of isocyanates is 4.